The Balaban J connectivity index is 0.00000120. The zero-order valence-electron chi connectivity index (χ0n) is 10.8. The summed E-state index contributed by atoms with van der Waals surface area (Å²) in [6, 6.07) is 8.47. The molecule has 2 heterocycles. The van der Waals surface area contributed by atoms with Gasteiger partial charge in [-0.05, 0) is 44.0 Å². The van der Waals surface area contributed by atoms with Crippen LogP contribution in [-0.2, 0) is 6.42 Å². The Morgan fingerprint density at radius 1 is 1.11 bits per heavy atom. The summed E-state index contributed by atoms with van der Waals surface area (Å²) < 4.78 is 5.85. The smallest absolute Gasteiger partial charge is 0.122 e. The Morgan fingerprint density at radius 3 is 2.72 bits per heavy atom. The van der Waals surface area contributed by atoms with E-state index in [1.54, 1.807) is 0 Å². The fraction of sp³-hybridized carbons (Fsp3) is 0.600. The Morgan fingerprint density at radius 2 is 1.89 bits per heavy atom. The van der Waals surface area contributed by atoms with Gasteiger partial charge >= 0.3 is 0 Å². The Kier molecular flexibility index (Phi) is 4.90. The first kappa shape index (κ1) is 13.7. The molecule has 1 unspecified atom stereocenters. The van der Waals surface area contributed by atoms with Crippen molar-refractivity contribution in [3.8, 4) is 5.75 Å². The van der Waals surface area contributed by atoms with Crippen molar-refractivity contribution < 1.29 is 4.74 Å². The average molecular weight is 268 g/mol. The molecule has 3 heteroatoms. The molecule has 1 atom stereocenters. The molecule has 0 N–H and O–H groups in total. The maximum Gasteiger partial charge on any atom is 0.122 e. The number of fused-ring (bicyclic) bond motifs is 1. The molecule has 0 amide bonds. The van der Waals surface area contributed by atoms with Gasteiger partial charge in [-0.15, -0.1) is 12.4 Å². The Hall–Kier alpha value is -0.730. The van der Waals surface area contributed by atoms with E-state index in [1.807, 2.05) is 0 Å². The summed E-state index contributed by atoms with van der Waals surface area (Å²) in [4.78, 5) is 2.62. The second kappa shape index (κ2) is 6.44. The van der Waals surface area contributed by atoms with E-state index in [0.29, 0.717) is 5.92 Å². The zero-order chi connectivity index (χ0) is 11.5. The molecule has 1 saturated heterocycles. The molecule has 1 aromatic rings. The first-order valence-corrected chi connectivity index (χ1v) is 6.85. The third-order valence-corrected chi connectivity index (χ3v) is 3.92. The number of ether oxygens (including phenoxy) is 1. The molecular weight excluding hydrogens is 246 g/mol. The van der Waals surface area contributed by atoms with E-state index in [2.05, 4.69) is 29.2 Å². The number of para-hydroxylation sites is 1. The summed E-state index contributed by atoms with van der Waals surface area (Å²) in [7, 11) is 0. The average Bonchev–Trinajstić information content (AvgIpc) is 2.40. The molecule has 0 radical (unpaired) electrons. The van der Waals surface area contributed by atoms with E-state index >= 15 is 0 Å². The minimum absolute atomic E-state index is 0. The molecule has 18 heavy (non-hydrogen) atoms. The predicted octanol–water partition coefficient (Wildman–Crippen LogP) is 3.15. The van der Waals surface area contributed by atoms with Crippen molar-refractivity contribution in [2.75, 3.05) is 26.2 Å². The van der Waals surface area contributed by atoms with Gasteiger partial charge in [0.1, 0.15) is 5.75 Å². The van der Waals surface area contributed by atoms with Crippen LogP contribution in [0.5, 0.6) is 5.75 Å². The van der Waals surface area contributed by atoms with Crippen LogP contribution in [0.1, 0.15) is 24.8 Å². The summed E-state index contributed by atoms with van der Waals surface area (Å²) >= 11 is 0. The first-order chi connectivity index (χ1) is 8.42. The Bertz CT molecular complexity index is 377. The quantitative estimate of drug-likeness (QED) is 0.816. The van der Waals surface area contributed by atoms with Gasteiger partial charge in [0.2, 0.25) is 0 Å². The summed E-state index contributed by atoms with van der Waals surface area (Å²) in [5, 5.41) is 0. The highest BCUT2D eigenvalue weighted by Gasteiger charge is 2.22. The van der Waals surface area contributed by atoms with Gasteiger partial charge in [-0.3, -0.25) is 0 Å². The standard InChI is InChI=1S/C15H21NO.ClH/c1-4-8-16(9-5-1)11-13-10-14-6-2-3-7-15(14)17-12-13;/h2-3,6-7,13H,1,4-5,8-12H2;1H. The Labute approximate surface area is 116 Å². The third kappa shape index (κ3) is 3.18. The maximum atomic E-state index is 5.85. The van der Waals surface area contributed by atoms with E-state index in [-0.39, 0.29) is 12.4 Å². The molecule has 0 spiro atoms. The molecule has 0 bridgehead atoms. The molecule has 3 rings (SSSR count). The normalized spacial score (nSPS) is 23.7. The van der Waals surface area contributed by atoms with Gasteiger partial charge in [-0.1, -0.05) is 24.6 Å². The molecule has 1 aromatic carbocycles. The summed E-state index contributed by atoms with van der Waals surface area (Å²) in [5.41, 5.74) is 1.39. The van der Waals surface area contributed by atoms with Crippen molar-refractivity contribution in [2.45, 2.75) is 25.7 Å². The molecule has 0 aliphatic carbocycles. The van der Waals surface area contributed by atoms with Gasteiger partial charge in [0.25, 0.3) is 0 Å². The van der Waals surface area contributed by atoms with E-state index < -0.39 is 0 Å². The van der Waals surface area contributed by atoms with E-state index in [9.17, 15) is 0 Å². The van der Waals surface area contributed by atoms with Gasteiger partial charge in [0, 0.05) is 12.5 Å². The van der Waals surface area contributed by atoms with Crippen molar-refractivity contribution in [3.63, 3.8) is 0 Å². The van der Waals surface area contributed by atoms with Crippen LogP contribution in [-0.4, -0.2) is 31.1 Å². The zero-order valence-corrected chi connectivity index (χ0v) is 11.6. The number of rotatable bonds is 2. The molecule has 2 nitrogen and oxygen atoms in total. The van der Waals surface area contributed by atoms with Crippen LogP contribution in [0.25, 0.3) is 0 Å². The van der Waals surface area contributed by atoms with Crippen LogP contribution in [0.2, 0.25) is 0 Å². The van der Waals surface area contributed by atoms with Gasteiger partial charge in [-0.25, -0.2) is 0 Å². The second-order valence-corrected chi connectivity index (χ2v) is 5.35. The summed E-state index contributed by atoms with van der Waals surface area (Å²) in [6.07, 6.45) is 5.36. The highest BCUT2D eigenvalue weighted by molar-refractivity contribution is 5.85. The van der Waals surface area contributed by atoms with Crippen molar-refractivity contribution in [2.24, 2.45) is 5.92 Å². The molecule has 2 aliphatic heterocycles. The highest BCUT2D eigenvalue weighted by atomic mass is 35.5. The third-order valence-electron chi connectivity index (χ3n) is 3.92. The van der Waals surface area contributed by atoms with Crippen molar-refractivity contribution in [3.05, 3.63) is 29.8 Å². The summed E-state index contributed by atoms with van der Waals surface area (Å²) in [6.45, 7) is 4.69. The minimum atomic E-state index is 0. The topological polar surface area (TPSA) is 12.5 Å². The fourth-order valence-electron chi connectivity index (χ4n) is 3.02. The lowest BCUT2D eigenvalue weighted by Gasteiger charge is -2.32. The van der Waals surface area contributed by atoms with Crippen molar-refractivity contribution in [1.29, 1.82) is 0 Å². The summed E-state index contributed by atoms with van der Waals surface area (Å²) in [5.74, 6) is 1.78. The van der Waals surface area contributed by atoms with Crippen LogP contribution in [0.4, 0.5) is 0 Å². The molecule has 1 fully saturated rings. The molecular formula is C15H22ClNO. The largest absolute Gasteiger partial charge is 0.493 e. The fourth-order valence-corrected chi connectivity index (χ4v) is 3.02. The van der Waals surface area contributed by atoms with E-state index in [4.69, 9.17) is 4.74 Å². The monoisotopic (exact) mass is 267 g/mol. The van der Waals surface area contributed by atoms with Crippen LogP contribution in [0.15, 0.2) is 24.3 Å². The van der Waals surface area contributed by atoms with Crippen LogP contribution < -0.4 is 4.74 Å². The van der Waals surface area contributed by atoms with E-state index in [0.717, 1.165) is 12.4 Å². The number of benzene rings is 1. The first-order valence-electron chi connectivity index (χ1n) is 6.85. The predicted molar refractivity (Wildman–Crippen MR) is 76.7 cm³/mol. The second-order valence-electron chi connectivity index (χ2n) is 5.35. The number of nitrogens with zero attached hydrogens (tertiary/aromatic N) is 1. The van der Waals surface area contributed by atoms with Crippen LogP contribution in [0, 0.1) is 5.92 Å². The minimum Gasteiger partial charge on any atom is -0.493 e. The SMILES string of the molecule is Cl.c1ccc2c(c1)CC(CN1CCCCC1)CO2. The molecule has 100 valence electrons. The van der Waals surface area contributed by atoms with Crippen LogP contribution >= 0.6 is 12.4 Å². The lowest BCUT2D eigenvalue weighted by molar-refractivity contribution is 0.144. The molecule has 0 saturated carbocycles. The number of halogens is 1. The van der Waals surface area contributed by atoms with Gasteiger partial charge < -0.3 is 9.64 Å². The number of likely N-dealkylation sites (tertiary alicyclic amines) is 1. The lowest BCUT2D eigenvalue weighted by Crippen LogP contribution is -2.38. The molecule has 0 aromatic heterocycles. The van der Waals surface area contributed by atoms with Gasteiger partial charge in [0.15, 0.2) is 0 Å². The lowest BCUT2D eigenvalue weighted by atomic mass is 9.95. The van der Waals surface area contributed by atoms with Gasteiger partial charge in [0.05, 0.1) is 6.61 Å². The number of hydrogen-bond donors (Lipinski definition) is 0. The van der Waals surface area contributed by atoms with Crippen LogP contribution in [0.3, 0.4) is 0 Å². The van der Waals surface area contributed by atoms with E-state index in [1.165, 1.54) is 50.9 Å². The number of hydrogen-bond acceptors (Lipinski definition) is 2. The molecule has 2 aliphatic rings. The highest BCUT2D eigenvalue weighted by Crippen LogP contribution is 2.27. The maximum absolute atomic E-state index is 5.85. The van der Waals surface area contributed by atoms with Crippen molar-refractivity contribution >= 4 is 12.4 Å². The number of piperidine rings is 1. The van der Waals surface area contributed by atoms with Crippen molar-refractivity contribution in [1.82, 2.24) is 4.90 Å². The van der Waals surface area contributed by atoms with Gasteiger partial charge in [-0.2, -0.15) is 0 Å².